The molecule has 3 rings (SSSR count). The van der Waals surface area contributed by atoms with Crippen LogP contribution in [0.3, 0.4) is 0 Å². The summed E-state index contributed by atoms with van der Waals surface area (Å²) in [5.74, 6) is 0.250. The first kappa shape index (κ1) is 21.0. The van der Waals surface area contributed by atoms with Gasteiger partial charge in [-0.25, -0.2) is 0 Å². The Labute approximate surface area is 171 Å². The summed E-state index contributed by atoms with van der Waals surface area (Å²) >= 11 is 0. The smallest absolute Gasteiger partial charge is 0.222 e. The number of hydrogen-bond acceptors (Lipinski definition) is 6. The molecule has 1 aromatic carbocycles. The summed E-state index contributed by atoms with van der Waals surface area (Å²) in [4.78, 5) is 23.5. The van der Waals surface area contributed by atoms with Gasteiger partial charge in [0.25, 0.3) is 0 Å². The molecule has 0 radical (unpaired) electrons. The number of piperidine rings is 1. The molecule has 154 valence electrons. The van der Waals surface area contributed by atoms with E-state index in [1.807, 2.05) is 26.8 Å². The average molecular weight is 396 g/mol. The van der Waals surface area contributed by atoms with Crippen LogP contribution in [0.4, 0.5) is 5.69 Å². The lowest BCUT2D eigenvalue weighted by atomic mass is 9.87. The van der Waals surface area contributed by atoms with Crippen molar-refractivity contribution in [3.8, 4) is 6.07 Å². The van der Waals surface area contributed by atoms with Crippen LogP contribution in [0.15, 0.2) is 24.5 Å². The summed E-state index contributed by atoms with van der Waals surface area (Å²) in [5, 5.41) is 22.7. The van der Waals surface area contributed by atoms with Gasteiger partial charge in [0.2, 0.25) is 5.91 Å². The largest absolute Gasteiger partial charge is 0.392 e. The highest BCUT2D eigenvalue weighted by Gasteiger charge is 2.30. The van der Waals surface area contributed by atoms with Crippen LogP contribution in [0, 0.1) is 22.7 Å². The van der Waals surface area contributed by atoms with Crippen LogP contribution in [0.25, 0.3) is 11.0 Å². The Morgan fingerprint density at radius 1 is 1.31 bits per heavy atom. The molecule has 1 aliphatic rings. The molecule has 1 saturated heterocycles. The lowest BCUT2D eigenvalue weighted by Crippen LogP contribution is -2.51. The summed E-state index contributed by atoms with van der Waals surface area (Å²) in [6, 6.07) is 5.85. The van der Waals surface area contributed by atoms with E-state index in [4.69, 9.17) is 0 Å². The number of rotatable bonds is 4. The number of carbonyl (C=O) groups excluding carboxylic acids is 1. The normalized spacial score (nSPS) is 20.9. The fraction of sp³-hybridized carbons (Fsp3) is 0.545. The third-order valence-electron chi connectivity index (χ3n) is 5.47. The van der Waals surface area contributed by atoms with Gasteiger partial charge in [0.1, 0.15) is 17.1 Å². The van der Waals surface area contributed by atoms with E-state index in [2.05, 4.69) is 33.2 Å². The Kier molecular flexibility index (Phi) is 6.04. The summed E-state index contributed by atoms with van der Waals surface area (Å²) in [5.41, 5.74) is 2.40. The first-order valence-electron chi connectivity index (χ1n) is 10.0. The summed E-state index contributed by atoms with van der Waals surface area (Å²) in [7, 11) is 0. The highest BCUT2D eigenvalue weighted by atomic mass is 16.3. The van der Waals surface area contributed by atoms with Crippen LogP contribution in [-0.2, 0) is 4.79 Å². The standard InChI is InChI=1S/C22H29N5O2/c1-14-9-16(26-19(29)10-18(28)22(2,3)4)13-27(12-14)17-6-5-15(11-23)20-21(17)25-8-7-24-20/h5-8,14,16,18,28H,9-10,12-13H2,1-4H3,(H,26,29)/t14-,16+,18+/m0/s1. The van der Waals surface area contributed by atoms with Gasteiger partial charge in [-0.1, -0.05) is 27.7 Å². The summed E-state index contributed by atoms with van der Waals surface area (Å²) in [6.07, 6.45) is 3.52. The Balaban J connectivity index is 1.78. The van der Waals surface area contributed by atoms with E-state index in [-0.39, 0.29) is 23.8 Å². The van der Waals surface area contributed by atoms with Crippen molar-refractivity contribution >= 4 is 22.6 Å². The first-order valence-corrected chi connectivity index (χ1v) is 10.0. The predicted octanol–water partition coefficient (Wildman–Crippen LogP) is 2.63. The molecule has 0 saturated carbocycles. The van der Waals surface area contributed by atoms with E-state index in [0.717, 1.165) is 18.7 Å². The summed E-state index contributed by atoms with van der Waals surface area (Å²) in [6.45, 7) is 9.42. The molecule has 7 nitrogen and oxygen atoms in total. The van der Waals surface area contributed by atoms with E-state index in [1.54, 1.807) is 18.5 Å². The molecule has 2 aromatic rings. The van der Waals surface area contributed by atoms with E-state index >= 15 is 0 Å². The van der Waals surface area contributed by atoms with Crippen molar-refractivity contribution in [3.05, 3.63) is 30.1 Å². The lowest BCUT2D eigenvalue weighted by Gasteiger charge is -2.38. The van der Waals surface area contributed by atoms with Crippen molar-refractivity contribution in [2.45, 2.75) is 52.7 Å². The average Bonchev–Trinajstić information content (AvgIpc) is 2.65. The molecule has 2 N–H and O–H groups in total. The number of nitrogens with one attached hydrogen (secondary N) is 1. The number of nitrogens with zero attached hydrogens (tertiary/aromatic N) is 4. The zero-order chi connectivity index (χ0) is 21.2. The minimum atomic E-state index is -0.683. The van der Waals surface area contributed by atoms with Gasteiger partial charge in [0, 0.05) is 31.5 Å². The van der Waals surface area contributed by atoms with Gasteiger partial charge in [0.15, 0.2) is 0 Å². The molecule has 1 aromatic heterocycles. The van der Waals surface area contributed by atoms with Gasteiger partial charge < -0.3 is 15.3 Å². The number of aliphatic hydroxyl groups excluding tert-OH is 1. The second kappa shape index (κ2) is 8.34. The molecule has 0 spiro atoms. The topological polar surface area (TPSA) is 102 Å². The van der Waals surface area contributed by atoms with E-state index < -0.39 is 6.10 Å². The number of fused-ring (bicyclic) bond motifs is 1. The SMILES string of the molecule is C[C@H]1C[C@@H](NC(=O)C[C@@H](O)C(C)(C)C)CN(c2ccc(C#N)c3nccnc23)C1. The fourth-order valence-electron chi connectivity index (χ4n) is 3.81. The maximum atomic E-state index is 12.5. The Bertz CT molecular complexity index is 931. The van der Waals surface area contributed by atoms with Crippen LogP contribution in [0.5, 0.6) is 0 Å². The van der Waals surface area contributed by atoms with Crippen molar-refractivity contribution < 1.29 is 9.90 Å². The minimum Gasteiger partial charge on any atom is -0.392 e. The Morgan fingerprint density at radius 3 is 2.66 bits per heavy atom. The Morgan fingerprint density at radius 2 is 2.00 bits per heavy atom. The lowest BCUT2D eigenvalue weighted by molar-refractivity contribution is -0.125. The van der Waals surface area contributed by atoms with Gasteiger partial charge in [0.05, 0.1) is 23.8 Å². The van der Waals surface area contributed by atoms with Gasteiger partial charge in [-0.3, -0.25) is 14.8 Å². The number of amides is 1. The molecule has 1 fully saturated rings. The first-order chi connectivity index (χ1) is 13.7. The van der Waals surface area contributed by atoms with Gasteiger partial charge in [-0.05, 0) is 29.9 Å². The van der Waals surface area contributed by atoms with E-state index in [1.165, 1.54) is 0 Å². The molecule has 29 heavy (non-hydrogen) atoms. The van der Waals surface area contributed by atoms with E-state index in [9.17, 15) is 15.2 Å². The number of carbonyl (C=O) groups is 1. The molecular formula is C22H29N5O2. The van der Waals surface area contributed by atoms with Gasteiger partial charge in [-0.2, -0.15) is 5.26 Å². The predicted molar refractivity (Wildman–Crippen MR) is 112 cm³/mol. The third kappa shape index (κ3) is 4.83. The molecule has 0 bridgehead atoms. The van der Waals surface area contributed by atoms with Crippen molar-refractivity contribution in [1.82, 2.24) is 15.3 Å². The third-order valence-corrected chi connectivity index (χ3v) is 5.47. The molecule has 3 atom stereocenters. The number of anilines is 1. The summed E-state index contributed by atoms with van der Waals surface area (Å²) < 4.78 is 0. The second-order valence-electron chi connectivity index (χ2n) is 9.09. The van der Waals surface area contributed by atoms with Gasteiger partial charge in [-0.15, -0.1) is 0 Å². The zero-order valence-corrected chi connectivity index (χ0v) is 17.5. The van der Waals surface area contributed by atoms with Crippen molar-refractivity contribution in [1.29, 1.82) is 5.26 Å². The molecule has 2 heterocycles. The maximum absolute atomic E-state index is 12.5. The quantitative estimate of drug-likeness (QED) is 0.825. The monoisotopic (exact) mass is 395 g/mol. The van der Waals surface area contributed by atoms with Gasteiger partial charge >= 0.3 is 0 Å². The molecule has 1 amide bonds. The number of aliphatic hydroxyl groups is 1. The Hall–Kier alpha value is -2.72. The molecule has 1 aliphatic heterocycles. The highest BCUT2D eigenvalue weighted by molar-refractivity contribution is 5.92. The second-order valence-corrected chi connectivity index (χ2v) is 9.09. The minimum absolute atomic E-state index is 0.0132. The number of hydrogen-bond donors (Lipinski definition) is 2. The fourth-order valence-corrected chi connectivity index (χ4v) is 3.81. The van der Waals surface area contributed by atoms with Crippen molar-refractivity contribution in [3.63, 3.8) is 0 Å². The van der Waals surface area contributed by atoms with Crippen LogP contribution in [-0.4, -0.2) is 46.2 Å². The molecule has 0 aliphatic carbocycles. The number of benzene rings is 1. The molecule has 7 heteroatoms. The highest BCUT2D eigenvalue weighted by Crippen LogP contribution is 2.30. The van der Waals surface area contributed by atoms with Crippen molar-refractivity contribution in [2.75, 3.05) is 18.0 Å². The van der Waals surface area contributed by atoms with Crippen LogP contribution < -0.4 is 10.2 Å². The maximum Gasteiger partial charge on any atom is 0.222 e. The van der Waals surface area contributed by atoms with Crippen molar-refractivity contribution in [2.24, 2.45) is 11.3 Å². The molecular weight excluding hydrogens is 366 g/mol. The zero-order valence-electron chi connectivity index (χ0n) is 17.5. The number of aromatic nitrogens is 2. The van der Waals surface area contributed by atoms with E-state index in [0.29, 0.717) is 29.1 Å². The van der Waals surface area contributed by atoms with Crippen LogP contribution >= 0.6 is 0 Å². The van der Waals surface area contributed by atoms with Crippen LogP contribution in [0.2, 0.25) is 0 Å². The number of nitriles is 1. The van der Waals surface area contributed by atoms with Crippen LogP contribution in [0.1, 0.15) is 46.1 Å². The molecule has 0 unspecified atom stereocenters.